The molecule has 3 saturated heterocycles. The minimum Gasteiger partial charge on any atom is -0.340 e. The van der Waals surface area contributed by atoms with E-state index in [1.807, 2.05) is 19.1 Å². The standard InChI is InChI=1S/C26H37N3O2/c1-3-4-5-9-12-24(30)29-22-13-14-23(29)26(20-22,19-21-10-7-6-8-11-21)25(31)28-17-15-27(2)16-18-28/h3-4,6-8,10-11,22-23H,5,9,12-20H2,1-2H3/t22-,23+,26+/m1/s1. The number of hydrogen-bond donors (Lipinski definition) is 0. The molecule has 3 heterocycles. The van der Waals surface area contributed by atoms with Crippen molar-refractivity contribution < 1.29 is 9.59 Å². The first-order valence-corrected chi connectivity index (χ1v) is 12.0. The number of amides is 2. The molecule has 3 aliphatic rings. The van der Waals surface area contributed by atoms with Gasteiger partial charge >= 0.3 is 0 Å². The molecule has 168 valence electrons. The Morgan fingerprint density at radius 1 is 1.10 bits per heavy atom. The van der Waals surface area contributed by atoms with Gasteiger partial charge in [-0.3, -0.25) is 9.59 Å². The Bertz CT molecular complexity index is 800. The molecule has 0 radical (unpaired) electrons. The van der Waals surface area contributed by atoms with Crippen molar-refractivity contribution >= 4 is 11.8 Å². The van der Waals surface area contributed by atoms with Gasteiger partial charge < -0.3 is 14.7 Å². The smallest absolute Gasteiger partial charge is 0.231 e. The maximum absolute atomic E-state index is 14.1. The van der Waals surface area contributed by atoms with E-state index in [-0.39, 0.29) is 23.9 Å². The Kier molecular flexibility index (Phi) is 6.80. The summed E-state index contributed by atoms with van der Waals surface area (Å²) in [5.74, 6) is 0.529. The summed E-state index contributed by atoms with van der Waals surface area (Å²) in [5, 5.41) is 0. The number of carbonyl (C=O) groups excluding carboxylic acids is 2. The molecule has 0 unspecified atom stereocenters. The van der Waals surface area contributed by atoms with Gasteiger partial charge in [0.2, 0.25) is 11.8 Å². The highest BCUT2D eigenvalue weighted by atomic mass is 16.2. The van der Waals surface area contributed by atoms with Crippen LogP contribution in [0.15, 0.2) is 42.5 Å². The maximum atomic E-state index is 14.1. The molecule has 0 spiro atoms. The molecule has 31 heavy (non-hydrogen) atoms. The number of fused-ring (bicyclic) bond motifs is 2. The first-order valence-electron chi connectivity index (χ1n) is 12.0. The SMILES string of the molecule is CC=CCCCC(=O)N1[C@@H]2CC[C@H]1[C@@](Cc1ccccc1)(C(=O)N1CCN(C)CC1)C2. The van der Waals surface area contributed by atoms with Gasteiger partial charge in [-0.05, 0) is 58.1 Å². The lowest BCUT2D eigenvalue weighted by molar-refractivity contribution is -0.146. The summed E-state index contributed by atoms with van der Waals surface area (Å²) in [4.78, 5) is 33.8. The number of likely N-dealkylation sites (N-methyl/N-ethyl adjacent to an activating group) is 1. The van der Waals surface area contributed by atoms with Gasteiger partial charge in [-0.15, -0.1) is 0 Å². The lowest BCUT2D eigenvalue weighted by Gasteiger charge is -2.42. The Balaban J connectivity index is 1.57. The average Bonchev–Trinajstić information content (AvgIpc) is 3.34. The zero-order chi connectivity index (χ0) is 21.8. The first kappa shape index (κ1) is 22.1. The van der Waals surface area contributed by atoms with Crippen LogP contribution < -0.4 is 0 Å². The van der Waals surface area contributed by atoms with Crippen molar-refractivity contribution in [3.63, 3.8) is 0 Å². The van der Waals surface area contributed by atoms with E-state index in [4.69, 9.17) is 0 Å². The fourth-order valence-electron chi connectivity index (χ4n) is 6.01. The van der Waals surface area contributed by atoms with E-state index in [0.717, 1.165) is 64.7 Å². The highest BCUT2D eigenvalue weighted by Crippen LogP contribution is 2.53. The molecule has 5 nitrogen and oxygen atoms in total. The number of piperazine rings is 1. The zero-order valence-electron chi connectivity index (χ0n) is 19.1. The molecule has 0 aliphatic carbocycles. The van der Waals surface area contributed by atoms with Crippen molar-refractivity contribution in [1.29, 1.82) is 0 Å². The topological polar surface area (TPSA) is 43.9 Å². The van der Waals surface area contributed by atoms with Crippen LogP contribution in [0.2, 0.25) is 0 Å². The van der Waals surface area contributed by atoms with E-state index < -0.39 is 5.41 Å². The Labute approximate surface area is 187 Å². The van der Waals surface area contributed by atoms with E-state index in [0.29, 0.717) is 6.42 Å². The van der Waals surface area contributed by atoms with Crippen LogP contribution in [0.3, 0.4) is 0 Å². The van der Waals surface area contributed by atoms with Crippen LogP contribution in [0.5, 0.6) is 0 Å². The summed E-state index contributed by atoms with van der Waals surface area (Å²) in [5.41, 5.74) is 0.733. The molecular formula is C26H37N3O2. The van der Waals surface area contributed by atoms with Crippen LogP contribution in [0.1, 0.15) is 51.0 Å². The highest BCUT2D eigenvalue weighted by Gasteiger charge is 2.61. The molecule has 5 heteroatoms. The number of carbonyl (C=O) groups is 2. The number of rotatable bonds is 7. The Morgan fingerprint density at radius 2 is 1.84 bits per heavy atom. The predicted octanol–water partition coefficient (Wildman–Crippen LogP) is 3.50. The quantitative estimate of drug-likeness (QED) is 0.498. The van der Waals surface area contributed by atoms with Crippen molar-refractivity contribution in [2.45, 2.75) is 64.0 Å². The average molecular weight is 424 g/mol. The van der Waals surface area contributed by atoms with Gasteiger partial charge in [0.15, 0.2) is 0 Å². The van der Waals surface area contributed by atoms with Crippen molar-refractivity contribution in [2.24, 2.45) is 5.41 Å². The van der Waals surface area contributed by atoms with Crippen molar-refractivity contribution in [3.8, 4) is 0 Å². The van der Waals surface area contributed by atoms with E-state index in [9.17, 15) is 9.59 Å². The van der Waals surface area contributed by atoms with Crippen LogP contribution in [-0.2, 0) is 16.0 Å². The van der Waals surface area contributed by atoms with Crippen LogP contribution in [0.25, 0.3) is 0 Å². The second kappa shape index (κ2) is 9.56. The number of allylic oxidation sites excluding steroid dienone is 2. The lowest BCUT2D eigenvalue weighted by atomic mass is 9.68. The number of nitrogens with zero attached hydrogens (tertiary/aromatic N) is 3. The predicted molar refractivity (Wildman–Crippen MR) is 124 cm³/mol. The normalized spacial score (nSPS) is 28.6. The number of unbranched alkanes of at least 4 members (excludes halogenated alkanes) is 1. The van der Waals surface area contributed by atoms with Gasteiger partial charge in [0.25, 0.3) is 0 Å². The molecule has 3 aliphatic heterocycles. The maximum Gasteiger partial charge on any atom is 0.231 e. The minimum atomic E-state index is -0.473. The van der Waals surface area contributed by atoms with E-state index >= 15 is 0 Å². The second-order valence-corrected chi connectivity index (χ2v) is 9.63. The van der Waals surface area contributed by atoms with Crippen LogP contribution in [0, 0.1) is 5.41 Å². The second-order valence-electron chi connectivity index (χ2n) is 9.63. The summed E-state index contributed by atoms with van der Waals surface area (Å²) in [7, 11) is 2.12. The molecule has 1 aromatic rings. The summed E-state index contributed by atoms with van der Waals surface area (Å²) >= 11 is 0. The molecule has 4 rings (SSSR count). The van der Waals surface area contributed by atoms with Crippen molar-refractivity contribution in [1.82, 2.24) is 14.7 Å². The molecular weight excluding hydrogens is 386 g/mol. The van der Waals surface area contributed by atoms with Crippen LogP contribution in [-0.4, -0.2) is 71.8 Å². The lowest BCUT2D eigenvalue weighted by Crippen LogP contribution is -2.56. The van der Waals surface area contributed by atoms with Gasteiger partial charge in [0.1, 0.15) is 0 Å². The minimum absolute atomic E-state index is 0.0408. The highest BCUT2D eigenvalue weighted by molar-refractivity contribution is 5.87. The Hall–Kier alpha value is -2.14. The largest absolute Gasteiger partial charge is 0.340 e. The zero-order valence-corrected chi connectivity index (χ0v) is 19.1. The van der Waals surface area contributed by atoms with E-state index in [2.05, 4.69) is 52.1 Å². The molecule has 0 saturated carbocycles. The van der Waals surface area contributed by atoms with E-state index in [1.54, 1.807) is 0 Å². The molecule has 3 fully saturated rings. The fourth-order valence-corrected chi connectivity index (χ4v) is 6.01. The number of benzene rings is 1. The van der Waals surface area contributed by atoms with Crippen molar-refractivity contribution in [2.75, 3.05) is 33.2 Å². The molecule has 2 bridgehead atoms. The summed E-state index contributed by atoms with van der Waals surface area (Å²) < 4.78 is 0. The summed E-state index contributed by atoms with van der Waals surface area (Å²) in [6, 6.07) is 10.7. The van der Waals surface area contributed by atoms with Crippen molar-refractivity contribution in [3.05, 3.63) is 48.0 Å². The molecule has 3 atom stereocenters. The van der Waals surface area contributed by atoms with Gasteiger partial charge in [0.05, 0.1) is 5.41 Å². The molecule has 0 N–H and O–H groups in total. The van der Waals surface area contributed by atoms with Crippen LogP contribution in [0.4, 0.5) is 0 Å². The summed E-state index contributed by atoms with van der Waals surface area (Å²) in [6.45, 7) is 5.45. The molecule has 1 aromatic carbocycles. The molecule has 0 aromatic heterocycles. The third kappa shape index (κ3) is 4.43. The third-order valence-corrected chi connectivity index (χ3v) is 7.60. The Morgan fingerprint density at radius 3 is 2.55 bits per heavy atom. The number of hydrogen-bond acceptors (Lipinski definition) is 3. The van der Waals surface area contributed by atoms with Crippen LogP contribution >= 0.6 is 0 Å². The van der Waals surface area contributed by atoms with Gasteiger partial charge in [-0.2, -0.15) is 0 Å². The third-order valence-electron chi connectivity index (χ3n) is 7.60. The van der Waals surface area contributed by atoms with E-state index in [1.165, 1.54) is 5.56 Å². The van der Waals surface area contributed by atoms with Gasteiger partial charge in [-0.1, -0.05) is 42.5 Å². The molecule has 2 amide bonds. The summed E-state index contributed by atoms with van der Waals surface area (Å²) in [6.07, 6.45) is 10.1. The van der Waals surface area contributed by atoms with Gasteiger partial charge in [0, 0.05) is 44.7 Å². The van der Waals surface area contributed by atoms with Gasteiger partial charge in [-0.25, -0.2) is 0 Å². The monoisotopic (exact) mass is 423 g/mol. The first-order chi connectivity index (χ1) is 15.0. The fraction of sp³-hybridized carbons (Fsp3) is 0.615.